The minimum atomic E-state index is -1.000. The Morgan fingerprint density at radius 1 is 1.15 bits per heavy atom. The van der Waals surface area contributed by atoms with Gasteiger partial charge in [-0.3, -0.25) is 14.5 Å². The predicted octanol–water partition coefficient (Wildman–Crippen LogP) is 2.01. The molecular weight excluding hydrogens is 346 g/mol. The average molecular weight is 356 g/mol. The lowest BCUT2D eigenvalue weighted by Gasteiger charge is -2.05. The van der Waals surface area contributed by atoms with Gasteiger partial charge in [-0.15, -0.1) is 0 Å². The summed E-state index contributed by atoms with van der Waals surface area (Å²) in [5.74, 6) is -1.41. The van der Waals surface area contributed by atoms with E-state index in [0.717, 1.165) is 6.20 Å². The zero-order valence-corrected chi connectivity index (χ0v) is 13.1. The predicted molar refractivity (Wildman–Crippen MR) is 84.8 cm³/mol. The highest BCUT2D eigenvalue weighted by Gasteiger charge is 2.17. The Hall–Kier alpha value is -3.69. The van der Waals surface area contributed by atoms with E-state index in [1.54, 1.807) is 12.1 Å². The van der Waals surface area contributed by atoms with Crippen molar-refractivity contribution in [3.8, 4) is 22.9 Å². The van der Waals surface area contributed by atoms with E-state index in [1.807, 2.05) is 0 Å². The van der Waals surface area contributed by atoms with Gasteiger partial charge in [-0.25, -0.2) is 9.37 Å². The van der Waals surface area contributed by atoms with Crippen molar-refractivity contribution < 1.29 is 13.3 Å². The number of hydrogen-bond donors (Lipinski definition) is 1. The Bertz CT molecular complexity index is 1120. The molecule has 0 aliphatic carbocycles. The zero-order valence-electron chi connectivity index (χ0n) is 13.1. The number of rotatable bonds is 4. The van der Waals surface area contributed by atoms with Crippen molar-refractivity contribution >= 4 is 0 Å². The fourth-order valence-corrected chi connectivity index (χ4v) is 2.39. The van der Waals surface area contributed by atoms with Crippen LogP contribution >= 0.6 is 0 Å². The van der Waals surface area contributed by atoms with E-state index in [0.29, 0.717) is 11.4 Å². The molecule has 0 spiro atoms. The summed E-state index contributed by atoms with van der Waals surface area (Å²) in [4.78, 5) is 21.6. The summed E-state index contributed by atoms with van der Waals surface area (Å²) in [5.41, 5.74) is 0.461. The molecular formula is C16H10F2N6O2. The van der Waals surface area contributed by atoms with Gasteiger partial charge in [0.1, 0.15) is 23.5 Å². The van der Waals surface area contributed by atoms with Gasteiger partial charge in [0.05, 0.1) is 24.1 Å². The summed E-state index contributed by atoms with van der Waals surface area (Å²) < 4.78 is 33.4. The monoisotopic (exact) mass is 356 g/mol. The lowest BCUT2D eigenvalue weighted by molar-refractivity contribution is 0.421. The van der Waals surface area contributed by atoms with Crippen LogP contribution in [0.3, 0.4) is 0 Å². The molecule has 0 radical (unpaired) electrons. The van der Waals surface area contributed by atoms with Crippen LogP contribution in [0.2, 0.25) is 0 Å². The molecule has 4 aromatic heterocycles. The lowest BCUT2D eigenvalue weighted by Crippen LogP contribution is -2.13. The Kier molecular flexibility index (Phi) is 3.84. The van der Waals surface area contributed by atoms with Gasteiger partial charge in [0.2, 0.25) is 5.82 Å². The topological polar surface area (TPSA) is 102 Å². The SMILES string of the molecule is O=c1[nH]c(-c2cc(-c3ccon3)n(Cc3ncccc3F)n2)ncc1F. The van der Waals surface area contributed by atoms with Gasteiger partial charge in [0.25, 0.3) is 5.56 Å². The van der Waals surface area contributed by atoms with Gasteiger partial charge in [0, 0.05) is 12.3 Å². The number of H-pyrrole nitrogens is 1. The second kappa shape index (κ2) is 6.31. The number of hydrogen-bond acceptors (Lipinski definition) is 6. The number of nitrogens with zero attached hydrogens (tertiary/aromatic N) is 5. The fourth-order valence-electron chi connectivity index (χ4n) is 2.39. The summed E-state index contributed by atoms with van der Waals surface area (Å²) >= 11 is 0. The van der Waals surface area contributed by atoms with Crippen LogP contribution in [0.15, 0.2) is 52.2 Å². The molecule has 0 saturated heterocycles. The van der Waals surface area contributed by atoms with Gasteiger partial charge >= 0.3 is 0 Å². The van der Waals surface area contributed by atoms with Crippen LogP contribution in [0, 0.1) is 11.6 Å². The Balaban J connectivity index is 1.82. The molecule has 8 nitrogen and oxygen atoms in total. The molecule has 26 heavy (non-hydrogen) atoms. The fraction of sp³-hybridized carbons (Fsp3) is 0.0625. The second-order valence-electron chi connectivity index (χ2n) is 5.30. The molecule has 4 aromatic rings. The lowest BCUT2D eigenvalue weighted by atomic mass is 10.2. The van der Waals surface area contributed by atoms with Crippen LogP contribution in [-0.4, -0.2) is 29.9 Å². The van der Waals surface area contributed by atoms with Gasteiger partial charge in [-0.05, 0) is 18.2 Å². The molecule has 0 fully saturated rings. The maximum absolute atomic E-state index is 13.9. The molecule has 0 aliphatic heterocycles. The van der Waals surface area contributed by atoms with E-state index in [1.165, 1.54) is 29.3 Å². The first-order valence-electron chi connectivity index (χ1n) is 7.45. The first-order chi connectivity index (χ1) is 12.6. The van der Waals surface area contributed by atoms with Gasteiger partial charge in [-0.2, -0.15) is 9.49 Å². The second-order valence-corrected chi connectivity index (χ2v) is 5.30. The molecule has 1 N–H and O–H groups in total. The highest BCUT2D eigenvalue weighted by molar-refractivity contribution is 5.62. The van der Waals surface area contributed by atoms with Gasteiger partial charge < -0.3 is 9.51 Å². The van der Waals surface area contributed by atoms with Crippen LogP contribution in [0.4, 0.5) is 8.78 Å². The van der Waals surface area contributed by atoms with Crippen LogP contribution in [0.1, 0.15) is 5.69 Å². The molecule has 10 heteroatoms. The maximum Gasteiger partial charge on any atom is 0.287 e. The maximum atomic E-state index is 13.9. The van der Waals surface area contributed by atoms with Crippen LogP contribution in [0.25, 0.3) is 22.9 Å². The molecule has 4 heterocycles. The third-order valence-electron chi connectivity index (χ3n) is 3.61. The summed E-state index contributed by atoms with van der Waals surface area (Å²) in [6.45, 7) is 0.0142. The van der Waals surface area contributed by atoms with Crippen LogP contribution in [-0.2, 0) is 6.54 Å². The Morgan fingerprint density at radius 2 is 2.04 bits per heavy atom. The van der Waals surface area contributed by atoms with Crippen molar-refractivity contribution in [2.45, 2.75) is 6.54 Å². The van der Waals surface area contributed by atoms with Crippen molar-refractivity contribution in [2.75, 3.05) is 0 Å². The molecule has 0 unspecified atom stereocenters. The van der Waals surface area contributed by atoms with Crippen LogP contribution in [0.5, 0.6) is 0 Å². The van der Waals surface area contributed by atoms with Gasteiger partial charge in [0.15, 0.2) is 5.82 Å². The molecule has 0 bridgehead atoms. The summed E-state index contributed by atoms with van der Waals surface area (Å²) in [6.07, 6.45) is 3.66. The number of halogens is 2. The normalized spacial score (nSPS) is 11.0. The van der Waals surface area contributed by atoms with Gasteiger partial charge in [-0.1, -0.05) is 5.16 Å². The third-order valence-corrected chi connectivity index (χ3v) is 3.61. The Labute approximate surface area is 144 Å². The highest BCUT2D eigenvalue weighted by Crippen LogP contribution is 2.24. The first-order valence-corrected chi connectivity index (χ1v) is 7.45. The molecule has 0 aromatic carbocycles. The Morgan fingerprint density at radius 3 is 2.77 bits per heavy atom. The smallest absolute Gasteiger partial charge is 0.287 e. The summed E-state index contributed by atoms with van der Waals surface area (Å²) in [7, 11) is 0. The molecule has 0 aliphatic rings. The van der Waals surface area contributed by atoms with Crippen molar-refractivity contribution in [2.24, 2.45) is 0 Å². The number of aromatic nitrogens is 6. The quantitative estimate of drug-likeness (QED) is 0.600. The highest BCUT2D eigenvalue weighted by atomic mass is 19.1. The third kappa shape index (κ3) is 2.88. The molecule has 0 saturated carbocycles. The molecule has 4 rings (SSSR count). The van der Waals surface area contributed by atoms with Crippen molar-refractivity contribution in [1.82, 2.24) is 29.9 Å². The zero-order chi connectivity index (χ0) is 18.1. The minimum Gasteiger partial charge on any atom is -0.364 e. The molecule has 0 amide bonds. The van der Waals surface area contributed by atoms with E-state index >= 15 is 0 Å². The molecule has 130 valence electrons. The van der Waals surface area contributed by atoms with E-state index in [4.69, 9.17) is 4.52 Å². The minimum absolute atomic E-state index is 0.0142. The van der Waals surface area contributed by atoms with Crippen LogP contribution < -0.4 is 5.56 Å². The number of aromatic amines is 1. The average Bonchev–Trinajstić information content (AvgIpc) is 3.29. The van der Waals surface area contributed by atoms with Crippen molar-refractivity contribution in [1.29, 1.82) is 0 Å². The standard InChI is InChI=1S/C16H10F2N6O2/c17-9-2-1-4-19-13(9)8-24-14(11-3-5-26-23-11)6-12(22-24)15-20-7-10(18)16(25)21-15/h1-7H,8H2,(H,20,21,25). The van der Waals surface area contributed by atoms with E-state index in [-0.39, 0.29) is 23.8 Å². The summed E-state index contributed by atoms with van der Waals surface area (Å²) in [6, 6.07) is 5.96. The number of pyridine rings is 1. The largest absolute Gasteiger partial charge is 0.364 e. The van der Waals surface area contributed by atoms with E-state index in [2.05, 4.69) is 25.2 Å². The van der Waals surface area contributed by atoms with Crippen molar-refractivity contribution in [3.63, 3.8) is 0 Å². The van der Waals surface area contributed by atoms with E-state index in [9.17, 15) is 13.6 Å². The molecule has 0 atom stereocenters. The summed E-state index contributed by atoms with van der Waals surface area (Å²) in [5, 5.41) is 8.16. The first kappa shape index (κ1) is 15.8. The van der Waals surface area contributed by atoms with Crippen molar-refractivity contribution in [3.05, 3.63) is 70.6 Å². The number of nitrogens with one attached hydrogen (secondary N) is 1. The van der Waals surface area contributed by atoms with E-state index < -0.39 is 17.2 Å².